The van der Waals surface area contributed by atoms with Crippen LogP contribution in [0.2, 0.25) is 0 Å². The van der Waals surface area contributed by atoms with E-state index in [1.54, 1.807) is 12.1 Å². The second kappa shape index (κ2) is 6.68. The second-order valence-electron chi connectivity index (χ2n) is 5.99. The minimum absolute atomic E-state index is 0.173. The predicted octanol–water partition coefficient (Wildman–Crippen LogP) is 2.40. The lowest BCUT2D eigenvalue weighted by atomic mass is 9.99. The van der Waals surface area contributed by atoms with Crippen LogP contribution in [0.4, 0.5) is 0 Å². The van der Waals surface area contributed by atoms with Gasteiger partial charge < -0.3 is 4.90 Å². The number of carbonyl (C=O) groups excluding carboxylic acids is 1. The summed E-state index contributed by atoms with van der Waals surface area (Å²) in [4.78, 5) is 15.6. The number of hydrogen-bond donors (Lipinski definition) is 0. The molecular weight excluding hydrogens is 346 g/mol. The van der Waals surface area contributed by atoms with Crippen molar-refractivity contribution in [2.45, 2.75) is 38.6 Å². The summed E-state index contributed by atoms with van der Waals surface area (Å²) in [5, 5.41) is 1.86. The lowest BCUT2D eigenvalue weighted by Crippen LogP contribution is -2.47. The minimum atomic E-state index is -3.88. The predicted molar refractivity (Wildman–Crippen MR) is 95.3 cm³/mol. The topological polar surface area (TPSA) is 70.0 Å². The molecule has 0 unspecified atom stereocenters. The van der Waals surface area contributed by atoms with Crippen molar-refractivity contribution in [1.82, 2.24) is 9.21 Å². The molecule has 1 saturated heterocycles. The molecule has 1 aromatic heterocycles. The Morgan fingerprint density at radius 2 is 2.21 bits per heavy atom. The molecule has 3 heterocycles. The van der Waals surface area contributed by atoms with Crippen molar-refractivity contribution >= 4 is 33.2 Å². The number of carbonyl (C=O) groups is 1. The number of likely N-dealkylation sites (tertiary alicyclic amines) is 1. The summed E-state index contributed by atoms with van der Waals surface area (Å²) in [5.74, 6) is -0.225. The van der Waals surface area contributed by atoms with Crippen LogP contribution in [-0.4, -0.2) is 48.9 Å². The van der Waals surface area contributed by atoms with Crippen LogP contribution in [0.3, 0.4) is 0 Å². The number of thiophene rings is 1. The summed E-state index contributed by atoms with van der Waals surface area (Å²) in [6.07, 6.45) is 5.50. The van der Waals surface area contributed by atoms with Gasteiger partial charge in [0.15, 0.2) is 0 Å². The van der Waals surface area contributed by atoms with Gasteiger partial charge in [0.05, 0.1) is 10.6 Å². The van der Waals surface area contributed by atoms with Crippen LogP contribution in [-0.2, 0) is 15.0 Å². The van der Waals surface area contributed by atoms with Gasteiger partial charge in [0.2, 0.25) is 0 Å². The van der Waals surface area contributed by atoms with Gasteiger partial charge in [0.25, 0.3) is 5.91 Å². The summed E-state index contributed by atoms with van der Waals surface area (Å²) in [5.41, 5.74) is 0.505. The Bertz CT molecular complexity index is 781. The highest BCUT2D eigenvalue weighted by atomic mass is 32.2. The Hall–Kier alpha value is -1.67. The molecule has 6 nitrogen and oxygen atoms in total. The number of rotatable bonds is 3. The van der Waals surface area contributed by atoms with E-state index in [2.05, 4.69) is 11.3 Å². The van der Waals surface area contributed by atoms with Crippen LogP contribution in [0, 0.1) is 0 Å². The highest BCUT2D eigenvalue weighted by Crippen LogP contribution is 2.26. The Balaban J connectivity index is 1.98. The molecule has 0 N–H and O–H groups in total. The van der Waals surface area contributed by atoms with Crippen molar-refractivity contribution in [3.8, 4) is 0 Å². The van der Waals surface area contributed by atoms with Crippen molar-refractivity contribution in [1.29, 1.82) is 0 Å². The Morgan fingerprint density at radius 1 is 1.42 bits per heavy atom. The monoisotopic (exact) mass is 367 g/mol. The lowest BCUT2D eigenvalue weighted by Gasteiger charge is -2.37. The zero-order valence-electron chi connectivity index (χ0n) is 13.8. The quantitative estimate of drug-likeness (QED) is 0.824. The van der Waals surface area contributed by atoms with E-state index in [1.165, 1.54) is 18.4 Å². The Kier molecular flexibility index (Phi) is 4.78. The number of piperidine rings is 1. The first kappa shape index (κ1) is 17.2. The largest absolute Gasteiger partial charge is 0.345 e. The van der Waals surface area contributed by atoms with Gasteiger partial charge >= 0.3 is 10.2 Å². The molecule has 2 aliphatic rings. The maximum absolute atomic E-state index is 13.0. The van der Waals surface area contributed by atoms with Gasteiger partial charge in [0.1, 0.15) is 5.70 Å². The summed E-state index contributed by atoms with van der Waals surface area (Å²) in [6.45, 7) is 2.73. The van der Waals surface area contributed by atoms with Gasteiger partial charge in [-0.2, -0.15) is 8.42 Å². The van der Waals surface area contributed by atoms with Crippen molar-refractivity contribution in [2.75, 3.05) is 13.6 Å². The van der Waals surface area contributed by atoms with Crippen molar-refractivity contribution < 1.29 is 13.2 Å². The molecule has 0 spiro atoms. The minimum Gasteiger partial charge on any atom is -0.334 e. The molecule has 130 valence electrons. The fraction of sp³-hybridized carbons (Fsp3) is 0.500. The maximum Gasteiger partial charge on any atom is 0.345 e. The van der Waals surface area contributed by atoms with Crippen LogP contribution in [0.5, 0.6) is 0 Å². The van der Waals surface area contributed by atoms with Gasteiger partial charge in [-0.3, -0.25) is 4.79 Å². The van der Waals surface area contributed by atoms with Crippen LogP contribution in [0.1, 0.15) is 37.5 Å². The molecule has 0 bridgehead atoms. The van der Waals surface area contributed by atoms with E-state index >= 15 is 0 Å². The molecule has 24 heavy (non-hydrogen) atoms. The molecule has 0 aromatic carbocycles. The summed E-state index contributed by atoms with van der Waals surface area (Å²) in [7, 11) is -2.49. The average molecular weight is 367 g/mol. The van der Waals surface area contributed by atoms with Gasteiger partial charge in [-0.25, -0.2) is 4.31 Å². The SMILES string of the molecule is CC[C@@H]1CCCCN1C(=O)C1=CC(c2cccs2)=NS(=O)(=O)N1C. The molecule has 1 amide bonds. The normalized spacial score (nSPS) is 23.7. The Morgan fingerprint density at radius 3 is 2.88 bits per heavy atom. The number of amides is 1. The van der Waals surface area contributed by atoms with E-state index in [1.807, 2.05) is 16.3 Å². The van der Waals surface area contributed by atoms with Crippen molar-refractivity contribution in [2.24, 2.45) is 4.40 Å². The van der Waals surface area contributed by atoms with E-state index in [4.69, 9.17) is 0 Å². The molecule has 3 rings (SSSR count). The van der Waals surface area contributed by atoms with Crippen molar-refractivity contribution in [3.05, 3.63) is 34.2 Å². The number of nitrogens with zero attached hydrogens (tertiary/aromatic N) is 3. The molecule has 1 aromatic rings. The maximum atomic E-state index is 13.0. The third kappa shape index (κ3) is 3.12. The van der Waals surface area contributed by atoms with Crippen LogP contribution < -0.4 is 0 Å². The molecule has 0 radical (unpaired) electrons. The fourth-order valence-electron chi connectivity index (χ4n) is 3.13. The van der Waals surface area contributed by atoms with Gasteiger partial charge in [-0.15, -0.1) is 15.7 Å². The number of hydrogen-bond acceptors (Lipinski definition) is 4. The van der Waals surface area contributed by atoms with Crippen LogP contribution in [0.25, 0.3) is 0 Å². The van der Waals surface area contributed by atoms with Gasteiger partial charge in [0, 0.05) is 19.6 Å². The molecule has 8 heteroatoms. The number of likely N-dealkylation sites (N-methyl/N-ethyl adjacent to an activating group) is 1. The lowest BCUT2D eigenvalue weighted by molar-refractivity contribution is -0.131. The van der Waals surface area contributed by atoms with Crippen LogP contribution >= 0.6 is 11.3 Å². The van der Waals surface area contributed by atoms with E-state index in [9.17, 15) is 13.2 Å². The Labute approximate surface area is 146 Å². The molecule has 0 saturated carbocycles. The first-order valence-corrected chi connectivity index (χ1v) is 10.4. The molecule has 1 fully saturated rings. The van der Waals surface area contributed by atoms with Gasteiger partial charge in [-0.05, 0) is 43.2 Å². The summed E-state index contributed by atoms with van der Waals surface area (Å²) >= 11 is 1.40. The van der Waals surface area contributed by atoms with E-state index in [-0.39, 0.29) is 17.6 Å². The standard InChI is InChI=1S/C16H21N3O3S2/c1-3-12-7-4-5-9-19(12)16(20)14-11-13(15-8-6-10-23-15)17-24(21,22)18(14)2/h6,8,10-12H,3-5,7,9H2,1-2H3/t12-/m1/s1. The zero-order valence-corrected chi connectivity index (χ0v) is 15.4. The number of allylic oxidation sites excluding steroid dienone is 1. The van der Waals surface area contributed by atoms with Crippen LogP contribution in [0.15, 0.2) is 33.7 Å². The molecule has 1 atom stereocenters. The third-order valence-corrected chi connectivity index (χ3v) is 6.73. The van der Waals surface area contributed by atoms with E-state index in [0.717, 1.165) is 34.9 Å². The second-order valence-corrected chi connectivity index (χ2v) is 8.56. The smallest absolute Gasteiger partial charge is 0.334 e. The third-order valence-electron chi connectivity index (χ3n) is 4.52. The first-order chi connectivity index (χ1) is 11.4. The van der Waals surface area contributed by atoms with Gasteiger partial charge in [-0.1, -0.05) is 13.0 Å². The highest BCUT2D eigenvalue weighted by Gasteiger charge is 2.35. The summed E-state index contributed by atoms with van der Waals surface area (Å²) in [6, 6.07) is 3.81. The van der Waals surface area contributed by atoms with Crippen molar-refractivity contribution in [3.63, 3.8) is 0 Å². The first-order valence-electron chi connectivity index (χ1n) is 8.09. The summed E-state index contributed by atoms with van der Waals surface area (Å²) < 4.78 is 29.6. The highest BCUT2D eigenvalue weighted by molar-refractivity contribution is 7.88. The van der Waals surface area contributed by atoms with E-state index < -0.39 is 10.2 Å². The molecule has 0 aliphatic carbocycles. The zero-order chi connectivity index (χ0) is 17.3. The molecular formula is C16H21N3O3S2. The average Bonchev–Trinajstić information content (AvgIpc) is 3.11. The molecule has 2 aliphatic heterocycles. The van der Waals surface area contributed by atoms with E-state index in [0.29, 0.717) is 12.3 Å². The fourth-order valence-corrected chi connectivity index (χ4v) is 4.78.